The topological polar surface area (TPSA) is 85.2 Å². The second-order valence-electron chi connectivity index (χ2n) is 4.05. The summed E-state index contributed by atoms with van der Waals surface area (Å²) in [6.07, 6.45) is 0.843. The van der Waals surface area contributed by atoms with Gasteiger partial charge in [-0.05, 0) is 22.6 Å². The molecule has 3 rings (SSSR count). The molecular weight excluding hydrogens is 274 g/mol. The Kier molecular flexibility index (Phi) is 3.73. The SMILES string of the molecule is CCc1nc(SCc2nnnn2-c2ccccc2)n[nH]1. The molecule has 0 atom stereocenters. The first-order valence-electron chi connectivity index (χ1n) is 6.23. The van der Waals surface area contributed by atoms with Crippen molar-refractivity contribution in [2.45, 2.75) is 24.3 Å². The highest BCUT2D eigenvalue weighted by Gasteiger charge is 2.10. The number of aromatic nitrogens is 7. The first-order valence-corrected chi connectivity index (χ1v) is 7.22. The average Bonchev–Trinajstić information content (AvgIpc) is 3.15. The van der Waals surface area contributed by atoms with Crippen molar-refractivity contribution in [1.29, 1.82) is 0 Å². The van der Waals surface area contributed by atoms with Crippen LogP contribution in [0.5, 0.6) is 0 Å². The molecule has 1 N–H and O–H groups in total. The van der Waals surface area contributed by atoms with E-state index in [0.29, 0.717) is 10.9 Å². The number of tetrazole rings is 1. The van der Waals surface area contributed by atoms with E-state index >= 15 is 0 Å². The maximum absolute atomic E-state index is 4.35. The van der Waals surface area contributed by atoms with Crippen molar-refractivity contribution in [2.24, 2.45) is 0 Å². The van der Waals surface area contributed by atoms with Crippen LogP contribution in [0, 0.1) is 0 Å². The molecule has 0 amide bonds. The van der Waals surface area contributed by atoms with Crippen LogP contribution in [0.2, 0.25) is 0 Å². The van der Waals surface area contributed by atoms with Gasteiger partial charge in [0.2, 0.25) is 5.16 Å². The number of nitrogens with zero attached hydrogens (tertiary/aromatic N) is 6. The van der Waals surface area contributed by atoms with E-state index in [1.165, 1.54) is 11.8 Å². The van der Waals surface area contributed by atoms with E-state index in [0.717, 1.165) is 23.8 Å². The molecule has 0 unspecified atom stereocenters. The number of aryl methyl sites for hydroxylation is 1. The molecule has 0 saturated heterocycles. The van der Waals surface area contributed by atoms with Crippen molar-refractivity contribution in [3.8, 4) is 5.69 Å². The van der Waals surface area contributed by atoms with Gasteiger partial charge in [0.1, 0.15) is 5.82 Å². The number of para-hydroxylation sites is 1. The number of hydrogen-bond donors (Lipinski definition) is 1. The summed E-state index contributed by atoms with van der Waals surface area (Å²) in [6.45, 7) is 2.03. The third-order valence-electron chi connectivity index (χ3n) is 2.71. The molecule has 3 aromatic rings. The van der Waals surface area contributed by atoms with Gasteiger partial charge < -0.3 is 0 Å². The molecule has 102 valence electrons. The van der Waals surface area contributed by atoms with Crippen molar-refractivity contribution < 1.29 is 0 Å². The summed E-state index contributed by atoms with van der Waals surface area (Å²) < 4.78 is 1.72. The molecule has 8 heteroatoms. The number of thioether (sulfide) groups is 1. The minimum Gasteiger partial charge on any atom is -0.262 e. The van der Waals surface area contributed by atoms with Crippen molar-refractivity contribution >= 4 is 11.8 Å². The summed E-state index contributed by atoms with van der Waals surface area (Å²) in [6, 6.07) is 9.80. The number of H-pyrrole nitrogens is 1. The van der Waals surface area contributed by atoms with Crippen LogP contribution in [-0.4, -0.2) is 35.4 Å². The zero-order chi connectivity index (χ0) is 13.8. The Hall–Kier alpha value is -2.22. The Balaban J connectivity index is 1.74. The summed E-state index contributed by atoms with van der Waals surface area (Å²) in [4.78, 5) is 4.35. The minimum atomic E-state index is 0.614. The molecule has 0 aliphatic carbocycles. The average molecular weight is 287 g/mol. The van der Waals surface area contributed by atoms with Gasteiger partial charge in [0, 0.05) is 6.42 Å². The van der Waals surface area contributed by atoms with E-state index in [-0.39, 0.29) is 0 Å². The number of aromatic amines is 1. The highest BCUT2D eigenvalue weighted by molar-refractivity contribution is 7.98. The van der Waals surface area contributed by atoms with Crippen molar-refractivity contribution in [3.63, 3.8) is 0 Å². The lowest BCUT2D eigenvalue weighted by Gasteiger charge is -2.02. The molecule has 0 spiro atoms. The Morgan fingerprint density at radius 2 is 2.10 bits per heavy atom. The molecule has 0 bridgehead atoms. The van der Waals surface area contributed by atoms with Gasteiger partial charge >= 0.3 is 0 Å². The molecule has 1 aromatic carbocycles. The predicted molar refractivity (Wildman–Crippen MR) is 74.5 cm³/mol. The fourth-order valence-electron chi connectivity index (χ4n) is 1.70. The first kappa shape index (κ1) is 12.8. The van der Waals surface area contributed by atoms with Crippen LogP contribution in [0.15, 0.2) is 35.5 Å². The lowest BCUT2D eigenvalue weighted by Crippen LogP contribution is -2.01. The van der Waals surface area contributed by atoms with E-state index in [1.807, 2.05) is 37.3 Å². The largest absolute Gasteiger partial charge is 0.262 e. The molecule has 0 saturated carbocycles. The van der Waals surface area contributed by atoms with Gasteiger partial charge in [-0.1, -0.05) is 36.9 Å². The van der Waals surface area contributed by atoms with Gasteiger partial charge in [0.05, 0.1) is 11.4 Å². The molecule has 0 radical (unpaired) electrons. The summed E-state index contributed by atoms with van der Waals surface area (Å²) >= 11 is 1.51. The second-order valence-corrected chi connectivity index (χ2v) is 4.99. The summed E-state index contributed by atoms with van der Waals surface area (Å²) in [5.74, 6) is 2.27. The van der Waals surface area contributed by atoms with Gasteiger partial charge in [-0.15, -0.1) is 10.2 Å². The van der Waals surface area contributed by atoms with Crippen LogP contribution >= 0.6 is 11.8 Å². The fraction of sp³-hybridized carbons (Fsp3) is 0.250. The maximum Gasteiger partial charge on any atom is 0.208 e. The highest BCUT2D eigenvalue weighted by atomic mass is 32.2. The number of hydrogen-bond acceptors (Lipinski definition) is 6. The highest BCUT2D eigenvalue weighted by Crippen LogP contribution is 2.19. The molecule has 0 fully saturated rings. The van der Waals surface area contributed by atoms with E-state index in [2.05, 4.69) is 30.7 Å². The molecular formula is C12H13N7S. The lowest BCUT2D eigenvalue weighted by atomic mass is 10.3. The first-order chi connectivity index (χ1) is 9.86. The standard InChI is InChI=1S/C12H13N7S/c1-2-10-13-12(16-14-10)20-8-11-15-17-18-19(11)9-6-4-3-5-7-9/h3-7H,2,8H2,1H3,(H,13,14,16). The van der Waals surface area contributed by atoms with Gasteiger partial charge in [-0.3, -0.25) is 5.10 Å². The lowest BCUT2D eigenvalue weighted by molar-refractivity contribution is 0.777. The Bertz CT molecular complexity index is 676. The van der Waals surface area contributed by atoms with Gasteiger partial charge in [-0.2, -0.15) is 4.68 Å². The Morgan fingerprint density at radius 3 is 2.85 bits per heavy atom. The van der Waals surface area contributed by atoms with Gasteiger partial charge in [0.15, 0.2) is 5.82 Å². The Morgan fingerprint density at radius 1 is 1.25 bits per heavy atom. The third kappa shape index (κ3) is 2.69. The summed E-state index contributed by atoms with van der Waals surface area (Å²) in [5.41, 5.74) is 0.942. The monoisotopic (exact) mass is 287 g/mol. The van der Waals surface area contributed by atoms with Crippen LogP contribution in [0.1, 0.15) is 18.6 Å². The van der Waals surface area contributed by atoms with Crippen LogP contribution in [0.4, 0.5) is 0 Å². The Labute approximate surface area is 119 Å². The van der Waals surface area contributed by atoms with Crippen molar-refractivity contribution in [2.75, 3.05) is 0 Å². The number of benzene rings is 1. The summed E-state index contributed by atoms with van der Waals surface area (Å²) in [5, 5.41) is 19.5. The minimum absolute atomic E-state index is 0.614. The maximum atomic E-state index is 4.35. The molecule has 0 aliphatic rings. The van der Waals surface area contributed by atoms with Crippen molar-refractivity contribution in [1.82, 2.24) is 35.4 Å². The molecule has 2 aromatic heterocycles. The quantitative estimate of drug-likeness (QED) is 0.718. The van der Waals surface area contributed by atoms with Crippen LogP contribution in [0.3, 0.4) is 0 Å². The molecule has 2 heterocycles. The molecule has 7 nitrogen and oxygen atoms in total. The fourth-order valence-corrected chi connectivity index (χ4v) is 2.42. The van der Waals surface area contributed by atoms with Crippen LogP contribution < -0.4 is 0 Å². The second kappa shape index (κ2) is 5.83. The predicted octanol–water partition coefficient (Wildman–Crippen LogP) is 1.64. The van der Waals surface area contributed by atoms with E-state index in [9.17, 15) is 0 Å². The molecule has 0 aliphatic heterocycles. The number of nitrogens with one attached hydrogen (secondary N) is 1. The van der Waals surface area contributed by atoms with E-state index in [4.69, 9.17) is 0 Å². The van der Waals surface area contributed by atoms with Gasteiger partial charge in [-0.25, -0.2) is 4.98 Å². The molecule has 20 heavy (non-hydrogen) atoms. The van der Waals surface area contributed by atoms with E-state index in [1.54, 1.807) is 4.68 Å². The normalized spacial score (nSPS) is 10.8. The third-order valence-corrected chi connectivity index (χ3v) is 3.55. The zero-order valence-corrected chi connectivity index (χ0v) is 11.7. The zero-order valence-electron chi connectivity index (χ0n) is 10.9. The van der Waals surface area contributed by atoms with Crippen molar-refractivity contribution in [3.05, 3.63) is 42.0 Å². The van der Waals surface area contributed by atoms with Crippen LogP contribution in [-0.2, 0) is 12.2 Å². The van der Waals surface area contributed by atoms with Crippen LogP contribution in [0.25, 0.3) is 5.69 Å². The number of rotatable bonds is 5. The summed E-state index contributed by atoms with van der Waals surface area (Å²) in [7, 11) is 0. The smallest absolute Gasteiger partial charge is 0.208 e. The van der Waals surface area contributed by atoms with Gasteiger partial charge in [0.25, 0.3) is 0 Å². The van der Waals surface area contributed by atoms with E-state index < -0.39 is 0 Å².